The molecule has 0 heterocycles. The summed E-state index contributed by atoms with van der Waals surface area (Å²) in [7, 11) is 0. The largest absolute Gasteiger partial charge is 0.244 e. The topological polar surface area (TPSA) is 0 Å². The molecular formula is C22H41F. The Morgan fingerprint density at radius 1 is 0.826 bits per heavy atom. The molecule has 7 atom stereocenters. The van der Waals surface area contributed by atoms with Crippen molar-refractivity contribution in [3.63, 3.8) is 0 Å². The first kappa shape index (κ1) is 17.7. The third-order valence-electron chi connectivity index (χ3n) is 8.70. The van der Waals surface area contributed by atoms with Gasteiger partial charge in [-0.15, -0.1) is 0 Å². The minimum Gasteiger partial charge on any atom is -0.244 e. The molecule has 0 N–H and O–H groups in total. The van der Waals surface area contributed by atoms with Crippen molar-refractivity contribution in [3.8, 4) is 0 Å². The van der Waals surface area contributed by atoms with Gasteiger partial charge in [-0.3, -0.25) is 0 Å². The van der Waals surface area contributed by atoms with Crippen LogP contribution >= 0.6 is 0 Å². The van der Waals surface area contributed by atoms with Gasteiger partial charge in [-0.1, -0.05) is 34.1 Å². The second kappa shape index (κ2) is 6.03. The summed E-state index contributed by atoms with van der Waals surface area (Å²) in [5.41, 5.74) is 0.236. The zero-order valence-electron chi connectivity index (χ0n) is 16.3. The van der Waals surface area contributed by atoms with Crippen LogP contribution in [0, 0.1) is 34.5 Å². The summed E-state index contributed by atoms with van der Waals surface area (Å²) in [6.45, 7) is 11.0. The molecule has 0 aromatic rings. The van der Waals surface area contributed by atoms with Crippen LogP contribution in [0.2, 0.25) is 0 Å². The lowest BCUT2D eigenvalue weighted by Crippen LogP contribution is -2.54. The van der Waals surface area contributed by atoms with Crippen molar-refractivity contribution in [1.82, 2.24) is 0 Å². The quantitative estimate of drug-likeness (QED) is 0.435. The maximum absolute atomic E-state index is 14.5. The zero-order valence-corrected chi connectivity index (χ0v) is 16.3. The lowest BCUT2D eigenvalue weighted by molar-refractivity contribution is -0.126. The van der Waals surface area contributed by atoms with Gasteiger partial charge >= 0.3 is 0 Å². The Morgan fingerprint density at radius 2 is 1.57 bits per heavy atom. The molecule has 4 rings (SSSR count). The predicted octanol–water partition coefficient (Wildman–Crippen LogP) is 7.42. The van der Waals surface area contributed by atoms with Crippen LogP contribution in [-0.2, 0) is 0 Å². The number of halogens is 1. The Morgan fingerprint density at radius 3 is 2.30 bits per heavy atom. The van der Waals surface area contributed by atoms with Gasteiger partial charge in [-0.25, -0.2) is 4.39 Å². The molecule has 0 nitrogen and oxygen atoms in total. The van der Waals surface area contributed by atoms with E-state index in [2.05, 4.69) is 13.8 Å². The first-order valence-electron chi connectivity index (χ1n) is 10.5. The van der Waals surface area contributed by atoms with Crippen molar-refractivity contribution in [2.24, 2.45) is 34.5 Å². The van der Waals surface area contributed by atoms with E-state index in [-0.39, 0.29) is 1.43 Å². The van der Waals surface area contributed by atoms with Crippen LogP contribution in [0.25, 0.3) is 0 Å². The Labute approximate surface area is 145 Å². The minimum atomic E-state index is -0.881. The molecule has 0 amide bonds. The second-order valence-electron chi connectivity index (χ2n) is 9.86. The monoisotopic (exact) mass is 324 g/mol. The molecule has 1 heteroatoms. The first-order valence-corrected chi connectivity index (χ1v) is 10.5. The van der Waals surface area contributed by atoms with Crippen molar-refractivity contribution in [1.29, 1.82) is 0 Å². The molecule has 4 fully saturated rings. The van der Waals surface area contributed by atoms with Gasteiger partial charge < -0.3 is 0 Å². The van der Waals surface area contributed by atoms with Gasteiger partial charge in [0.05, 0.1) is 0 Å². The molecule has 0 radical (unpaired) electrons. The average Bonchev–Trinajstić information content (AvgIpc) is 2.92. The SMILES string of the molecule is CC.CC1(F)CC[C@@]2(C)[C@@H](CCC3[C@@H]4CCCC4(C)CC[C@@H]32)C1.[HH]. The molecular weight excluding hydrogens is 283 g/mol. The predicted molar refractivity (Wildman–Crippen MR) is 99.3 cm³/mol. The van der Waals surface area contributed by atoms with Crippen molar-refractivity contribution < 1.29 is 5.82 Å². The van der Waals surface area contributed by atoms with Crippen LogP contribution in [0.1, 0.15) is 100 Å². The van der Waals surface area contributed by atoms with Gasteiger partial charge in [0.2, 0.25) is 0 Å². The first-order chi connectivity index (χ1) is 10.8. The third-order valence-corrected chi connectivity index (χ3v) is 8.70. The zero-order chi connectivity index (χ0) is 16.9. The summed E-state index contributed by atoms with van der Waals surface area (Å²) in [6.07, 6.45) is 12.8. The number of fused-ring (bicyclic) bond motifs is 5. The van der Waals surface area contributed by atoms with Crippen molar-refractivity contribution in [2.45, 2.75) is 104 Å². The fraction of sp³-hybridized carbons (Fsp3) is 1.00. The average molecular weight is 325 g/mol. The van der Waals surface area contributed by atoms with Crippen LogP contribution < -0.4 is 0 Å². The number of rotatable bonds is 0. The molecule has 0 saturated heterocycles. The highest BCUT2D eigenvalue weighted by molar-refractivity contribution is 5.08. The van der Waals surface area contributed by atoms with Gasteiger partial charge in [0.15, 0.2) is 0 Å². The van der Waals surface area contributed by atoms with Crippen molar-refractivity contribution >= 4 is 0 Å². The summed E-state index contributed by atoms with van der Waals surface area (Å²) in [4.78, 5) is 0. The van der Waals surface area contributed by atoms with E-state index in [1.54, 1.807) is 0 Å². The molecule has 3 unspecified atom stereocenters. The van der Waals surface area contributed by atoms with Gasteiger partial charge in [0.1, 0.15) is 5.67 Å². The Bertz CT molecular complexity index is 434. The fourth-order valence-electron chi connectivity index (χ4n) is 7.40. The lowest BCUT2D eigenvalue weighted by Gasteiger charge is -2.61. The molecule has 23 heavy (non-hydrogen) atoms. The second-order valence-corrected chi connectivity index (χ2v) is 9.86. The Balaban J connectivity index is 0.000000670. The van der Waals surface area contributed by atoms with E-state index in [1.807, 2.05) is 20.8 Å². The van der Waals surface area contributed by atoms with E-state index in [1.165, 1.54) is 44.9 Å². The van der Waals surface area contributed by atoms with Gasteiger partial charge in [-0.05, 0) is 99.2 Å². The summed E-state index contributed by atoms with van der Waals surface area (Å²) in [5, 5.41) is 0. The third kappa shape index (κ3) is 2.78. The van der Waals surface area contributed by atoms with Gasteiger partial charge in [-0.2, -0.15) is 0 Å². The Kier molecular flexibility index (Phi) is 4.65. The standard InChI is InChI=1S/C20H33F.C2H6.H2/c1-18-9-4-5-16(18)15-7-6-14-13-19(2,21)11-12-20(14,3)17(15)8-10-18;1-2;/h14-17H,4-13H2,1-3H3;1-2H3;1H/t14-,15?,16-,17-,18?,19?,20-;;/m0../s1. The molecule has 136 valence electrons. The van der Waals surface area contributed by atoms with E-state index in [4.69, 9.17) is 0 Å². The smallest absolute Gasteiger partial charge is 0.108 e. The van der Waals surface area contributed by atoms with Crippen LogP contribution in [-0.4, -0.2) is 5.67 Å². The molecule has 0 spiro atoms. The molecule has 4 saturated carbocycles. The highest BCUT2D eigenvalue weighted by Crippen LogP contribution is 2.67. The van der Waals surface area contributed by atoms with Gasteiger partial charge in [0.25, 0.3) is 0 Å². The molecule has 0 bridgehead atoms. The fourth-order valence-corrected chi connectivity index (χ4v) is 7.40. The summed E-state index contributed by atoms with van der Waals surface area (Å²) in [6, 6.07) is 0. The molecule has 0 aromatic heterocycles. The summed E-state index contributed by atoms with van der Waals surface area (Å²) < 4.78 is 14.5. The van der Waals surface area contributed by atoms with Crippen LogP contribution in [0.3, 0.4) is 0 Å². The number of hydrogen-bond acceptors (Lipinski definition) is 0. The normalized spacial score (nSPS) is 55.0. The lowest BCUT2D eigenvalue weighted by atomic mass is 9.44. The van der Waals surface area contributed by atoms with Crippen LogP contribution in [0.5, 0.6) is 0 Å². The number of alkyl halides is 1. The van der Waals surface area contributed by atoms with Gasteiger partial charge in [0, 0.05) is 1.43 Å². The molecule has 4 aliphatic rings. The highest BCUT2D eigenvalue weighted by Gasteiger charge is 2.58. The maximum Gasteiger partial charge on any atom is 0.108 e. The maximum atomic E-state index is 14.5. The van der Waals surface area contributed by atoms with E-state index < -0.39 is 5.67 Å². The molecule has 0 aromatic carbocycles. The van der Waals surface area contributed by atoms with Crippen LogP contribution in [0.15, 0.2) is 0 Å². The van der Waals surface area contributed by atoms with E-state index in [9.17, 15) is 4.39 Å². The van der Waals surface area contributed by atoms with E-state index in [0.29, 0.717) is 16.7 Å². The van der Waals surface area contributed by atoms with E-state index >= 15 is 0 Å². The highest BCUT2D eigenvalue weighted by atomic mass is 19.1. The summed E-state index contributed by atoms with van der Waals surface area (Å²) in [5.74, 6) is 3.53. The van der Waals surface area contributed by atoms with E-state index in [0.717, 1.165) is 37.0 Å². The van der Waals surface area contributed by atoms with Crippen LogP contribution in [0.4, 0.5) is 4.39 Å². The van der Waals surface area contributed by atoms with Crippen molar-refractivity contribution in [2.75, 3.05) is 0 Å². The number of hydrogen-bond donors (Lipinski definition) is 0. The minimum absolute atomic E-state index is 0. The van der Waals surface area contributed by atoms with Crippen molar-refractivity contribution in [3.05, 3.63) is 0 Å². The molecule has 4 aliphatic carbocycles. The molecule has 0 aliphatic heterocycles. The Hall–Kier alpha value is -0.0700. The summed E-state index contributed by atoms with van der Waals surface area (Å²) >= 11 is 0.